The number of hydrogen-bond acceptors (Lipinski definition) is 7. The van der Waals surface area contributed by atoms with Crippen molar-refractivity contribution in [3.8, 4) is 11.5 Å². The van der Waals surface area contributed by atoms with E-state index in [2.05, 4.69) is 22.8 Å². The molecule has 3 heterocycles. The van der Waals surface area contributed by atoms with E-state index in [1.165, 1.54) is 12.0 Å². The van der Waals surface area contributed by atoms with Gasteiger partial charge in [-0.25, -0.2) is 9.78 Å². The van der Waals surface area contributed by atoms with Crippen molar-refractivity contribution >= 4 is 17.7 Å². The van der Waals surface area contributed by atoms with Crippen molar-refractivity contribution in [3.63, 3.8) is 0 Å². The number of aromatic nitrogens is 1. The Morgan fingerprint density at radius 1 is 1.10 bits per heavy atom. The van der Waals surface area contributed by atoms with Crippen molar-refractivity contribution in [2.75, 3.05) is 25.3 Å². The third-order valence-corrected chi connectivity index (χ3v) is 9.38. The van der Waals surface area contributed by atoms with Gasteiger partial charge < -0.3 is 30.0 Å². The van der Waals surface area contributed by atoms with Crippen LogP contribution < -0.4 is 20.1 Å². The zero-order valence-corrected chi connectivity index (χ0v) is 23.7. The van der Waals surface area contributed by atoms with Crippen LogP contribution in [-0.4, -0.2) is 54.1 Å². The average Bonchev–Trinajstić information content (AvgIpc) is 3.45. The molecule has 3 N–H and O–H groups in total. The fourth-order valence-electron chi connectivity index (χ4n) is 6.81. The summed E-state index contributed by atoms with van der Waals surface area (Å²) >= 11 is 0. The molecule has 0 saturated heterocycles. The van der Waals surface area contributed by atoms with Crippen molar-refractivity contribution in [2.45, 2.75) is 94.6 Å². The number of pyridine rings is 1. The summed E-state index contributed by atoms with van der Waals surface area (Å²) in [5.74, 6) is 1.71. The molecule has 2 aliphatic carbocycles. The summed E-state index contributed by atoms with van der Waals surface area (Å²) in [6.45, 7) is 1.48. The normalized spacial score (nSPS) is 23.0. The van der Waals surface area contributed by atoms with Crippen LogP contribution in [0.2, 0.25) is 0 Å². The Labute approximate surface area is 241 Å². The van der Waals surface area contributed by atoms with Crippen molar-refractivity contribution in [2.24, 2.45) is 5.92 Å². The minimum atomic E-state index is -1.03. The van der Waals surface area contributed by atoms with E-state index in [9.17, 15) is 14.7 Å². The third kappa shape index (κ3) is 6.15. The number of carbonyl (C=O) groups excluding carboxylic acids is 1. The first-order valence-electron chi connectivity index (χ1n) is 15.3. The minimum absolute atomic E-state index is 0.154. The molecule has 6 rings (SSSR count). The molecule has 9 nitrogen and oxygen atoms in total. The van der Waals surface area contributed by atoms with Gasteiger partial charge in [0.25, 0.3) is 0 Å². The van der Waals surface area contributed by atoms with E-state index < -0.39 is 17.4 Å². The summed E-state index contributed by atoms with van der Waals surface area (Å²) in [5.41, 5.74) is 2.55. The maximum absolute atomic E-state index is 13.7. The van der Waals surface area contributed by atoms with Crippen LogP contribution >= 0.6 is 0 Å². The zero-order chi connectivity index (χ0) is 28.2. The number of aryl methyl sites for hydroxylation is 2. The molecular formula is C32H41N3O6. The number of nitrogens with one attached hydrogen (secondary N) is 2. The lowest BCUT2D eigenvalue weighted by atomic mass is 9.68. The molecule has 0 spiro atoms. The van der Waals surface area contributed by atoms with Crippen molar-refractivity contribution in [1.29, 1.82) is 0 Å². The second-order valence-corrected chi connectivity index (χ2v) is 12.1. The quantitative estimate of drug-likeness (QED) is 0.358. The number of rotatable bonds is 11. The van der Waals surface area contributed by atoms with Crippen LogP contribution in [0.1, 0.15) is 81.0 Å². The van der Waals surface area contributed by atoms with E-state index in [1.54, 1.807) is 0 Å². The lowest BCUT2D eigenvalue weighted by Crippen LogP contribution is -2.52. The number of fused-ring (bicyclic) bond motifs is 2. The summed E-state index contributed by atoms with van der Waals surface area (Å²) in [7, 11) is 0. The zero-order valence-electron chi connectivity index (χ0n) is 23.7. The molecule has 0 bridgehead atoms. The number of benzene rings is 1. The topological polar surface area (TPSA) is 119 Å². The van der Waals surface area contributed by atoms with E-state index >= 15 is 0 Å². The molecule has 2 aliphatic heterocycles. The predicted octanol–water partition coefficient (Wildman–Crippen LogP) is 4.76. The first-order valence-corrected chi connectivity index (χ1v) is 15.3. The number of hydrogen-bond donors (Lipinski definition) is 3. The van der Waals surface area contributed by atoms with E-state index in [-0.39, 0.29) is 25.2 Å². The minimum Gasteiger partial charge on any atom is -0.480 e. The molecule has 2 saturated carbocycles. The van der Waals surface area contributed by atoms with Crippen molar-refractivity contribution in [3.05, 3.63) is 47.2 Å². The highest BCUT2D eigenvalue weighted by molar-refractivity contribution is 5.91. The fraction of sp³-hybridized carbons (Fsp3) is 0.594. The Kier molecular flexibility index (Phi) is 8.32. The van der Waals surface area contributed by atoms with Crippen LogP contribution in [0.15, 0.2) is 30.3 Å². The number of aliphatic carboxylic acids is 1. The van der Waals surface area contributed by atoms with Crippen molar-refractivity contribution < 1.29 is 28.9 Å². The van der Waals surface area contributed by atoms with Crippen LogP contribution in [0, 0.1) is 5.92 Å². The number of carbonyl (C=O) groups is 2. The second-order valence-electron chi connectivity index (χ2n) is 12.1. The van der Waals surface area contributed by atoms with Gasteiger partial charge in [0.15, 0.2) is 11.5 Å². The van der Waals surface area contributed by atoms with Gasteiger partial charge in [-0.15, -0.1) is 0 Å². The van der Waals surface area contributed by atoms with Crippen LogP contribution in [0.4, 0.5) is 5.82 Å². The number of anilines is 1. The third-order valence-electron chi connectivity index (χ3n) is 9.38. The van der Waals surface area contributed by atoms with E-state index in [4.69, 9.17) is 19.2 Å². The number of nitrogens with zero attached hydrogens (tertiary/aromatic N) is 1. The van der Waals surface area contributed by atoms with E-state index in [0.29, 0.717) is 36.9 Å². The number of amides is 1. The number of ether oxygens (including phenoxy) is 3. The SMILES string of the molecule is O=C(O)C(CCOC1CC(CCc2ccc3c(n2)NCCC3)C1)NC(=O)C1(c2ccc3c(c2)OCO3)CCCCC1. The lowest BCUT2D eigenvalue weighted by molar-refractivity contribution is -0.144. The van der Waals surface area contributed by atoms with Gasteiger partial charge in [-0.3, -0.25) is 4.79 Å². The van der Waals surface area contributed by atoms with E-state index in [1.807, 2.05) is 18.2 Å². The van der Waals surface area contributed by atoms with Crippen LogP contribution in [0.5, 0.6) is 11.5 Å². The van der Waals surface area contributed by atoms with Gasteiger partial charge in [0.1, 0.15) is 11.9 Å². The molecule has 1 aromatic heterocycles. The second kappa shape index (κ2) is 12.3. The highest BCUT2D eigenvalue weighted by atomic mass is 16.7. The van der Waals surface area contributed by atoms with E-state index in [0.717, 1.165) is 75.0 Å². The average molecular weight is 564 g/mol. The lowest BCUT2D eigenvalue weighted by Gasteiger charge is -2.37. The van der Waals surface area contributed by atoms with Crippen LogP contribution in [-0.2, 0) is 32.6 Å². The molecule has 2 fully saturated rings. The van der Waals surface area contributed by atoms with Gasteiger partial charge >= 0.3 is 5.97 Å². The molecule has 2 aromatic rings. The maximum Gasteiger partial charge on any atom is 0.326 e. The summed E-state index contributed by atoms with van der Waals surface area (Å²) in [4.78, 5) is 30.6. The smallest absolute Gasteiger partial charge is 0.326 e. The van der Waals surface area contributed by atoms with Crippen molar-refractivity contribution in [1.82, 2.24) is 10.3 Å². The Morgan fingerprint density at radius 3 is 2.76 bits per heavy atom. The Hall–Kier alpha value is -3.33. The molecule has 1 atom stereocenters. The summed E-state index contributed by atoms with van der Waals surface area (Å²) in [5, 5.41) is 16.2. The molecule has 4 aliphatic rings. The molecule has 1 amide bonds. The largest absolute Gasteiger partial charge is 0.480 e. The maximum atomic E-state index is 13.7. The molecule has 1 unspecified atom stereocenters. The molecular weight excluding hydrogens is 522 g/mol. The van der Waals surface area contributed by atoms with Gasteiger partial charge in [0.05, 0.1) is 11.5 Å². The first-order chi connectivity index (χ1) is 20.0. The first kappa shape index (κ1) is 27.8. The highest BCUT2D eigenvalue weighted by Gasteiger charge is 2.43. The Balaban J connectivity index is 0.974. The number of carboxylic acid groups (broad SMARTS) is 1. The van der Waals surface area contributed by atoms with Crippen LogP contribution in [0.3, 0.4) is 0 Å². The summed E-state index contributed by atoms with van der Waals surface area (Å²) in [6, 6.07) is 9.02. The molecule has 1 aromatic carbocycles. The van der Waals surface area contributed by atoms with Gasteiger partial charge in [0.2, 0.25) is 12.7 Å². The van der Waals surface area contributed by atoms with Gasteiger partial charge in [-0.2, -0.15) is 0 Å². The van der Waals surface area contributed by atoms with Crippen LogP contribution in [0.25, 0.3) is 0 Å². The molecule has 9 heteroatoms. The molecule has 41 heavy (non-hydrogen) atoms. The molecule has 0 radical (unpaired) electrons. The van der Waals surface area contributed by atoms with Gasteiger partial charge in [-0.05, 0) is 86.6 Å². The summed E-state index contributed by atoms with van der Waals surface area (Å²) in [6.07, 6.45) is 11.0. The predicted molar refractivity (Wildman–Crippen MR) is 153 cm³/mol. The Bertz CT molecular complexity index is 1250. The Morgan fingerprint density at radius 2 is 1.93 bits per heavy atom. The standard InChI is InChI=1S/C32H41N3O6/c36-30(37)26(35-31(38)32(13-2-1-3-14-32)23-8-11-27-28(19-23)41-20-40-27)12-16-39-25-17-21(18-25)6-9-24-10-7-22-5-4-15-33-29(22)34-24/h7-8,10-11,19,21,25-26H,1-6,9,12-18,20H2,(H,33,34)(H,35,38)(H,36,37). The monoisotopic (exact) mass is 563 g/mol. The molecule has 220 valence electrons. The van der Waals surface area contributed by atoms with Gasteiger partial charge in [0, 0.05) is 25.3 Å². The number of carboxylic acids is 1. The fourth-order valence-corrected chi connectivity index (χ4v) is 6.81. The highest BCUT2D eigenvalue weighted by Crippen LogP contribution is 2.44. The van der Waals surface area contributed by atoms with Gasteiger partial charge in [-0.1, -0.05) is 31.4 Å². The summed E-state index contributed by atoms with van der Waals surface area (Å²) < 4.78 is 17.0.